The van der Waals surface area contributed by atoms with Crippen molar-refractivity contribution in [1.29, 1.82) is 0 Å². The quantitative estimate of drug-likeness (QED) is 0.842. The molecule has 1 unspecified atom stereocenters. The van der Waals surface area contributed by atoms with Crippen molar-refractivity contribution in [1.82, 2.24) is 9.97 Å². The second-order valence-corrected chi connectivity index (χ2v) is 4.13. The molecule has 1 aromatic carbocycles. The molecule has 2 aromatic rings. The maximum absolute atomic E-state index is 5.69. The van der Waals surface area contributed by atoms with E-state index in [9.17, 15) is 0 Å². The summed E-state index contributed by atoms with van der Waals surface area (Å²) in [5, 5.41) is 0. The van der Waals surface area contributed by atoms with Crippen molar-refractivity contribution in [2.75, 3.05) is 6.54 Å². The van der Waals surface area contributed by atoms with Gasteiger partial charge in [-0.25, -0.2) is 9.97 Å². The minimum Gasteiger partial charge on any atom is -0.488 e. The van der Waals surface area contributed by atoms with E-state index in [2.05, 4.69) is 16.0 Å². The van der Waals surface area contributed by atoms with Crippen LogP contribution in [0, 0.1) is 0 Å². The van der Waals surface area contributed by atoms with Crippen LogP contribution in [-0.4, -0.2) is 22.6 Å². The SMILES string of the molecule is NCC1Cc2cc(-c3cncnc3)ccc2O1. The Morgan fingerprint density at radius 3 is 2.82 bits per heavy atom. The fourth-order valence-electron chi connectivity index (χ4n) is 2.08. The van der Waals surface area contributed by atoms with Crippen molar-refractivity contribution in [3.05, 3.63) is 42.5 Å². The Kier molecular flexibility index (Phi) is 2.49. The lowest BCUT2D eigenvalue weighted by Gasteiger charge is -2.05. The van der Waals surface area contributed by atoms with E-state index < -0.39 is 0 Å². The van der Waals surface area contributed by atoms with Crippen LogP contribution in [-0.2, 0) is 6.42 Å². The minimum atomic E-state index is 0.118. The Hall–Kier alpha value is -1.94. The number of benzene rings is 1. The molecule has 0 aliphatic carbocycles. The zero-order valence-corrected chi connectivity index (χ0v) is 9.34. The fourth-order valence-corrected chi connectivity index (χ4v) is 2.08. The van der Waals surface area contributed by atoms with Gasteiger partial charge in [0.25, 0.3) is 0 Å². The van der Waals surface area contributed by atoms with Crippen LogP contribution in [0.25, 0.3) is 11.1 Å². The maximum atomic E-state index is 5.69. The van der Waals surface area contributed by atoms with Crippen molar-refractivity contribution in [2.24, 2.45) is 5.73 Å². The zero-order chi connectivity index (χ0) is 11.7. The monoisotopic (exact) mass is 227 g/mol. The number of hydrogen-bond acceptors (Lipinski definition) is 4. The van der Waals surface area contributed by atoms with Crippen LogP contribution in [0.3, 0.4) is 0 Å². The Labute approximate surface area is 99.5 Å². The van der Waals surface area contributed by atoms with E-state index in [0.29, 0.717) is 6.54 Å². The molecule has 1 aliphatic heterocycles. The Morgan fingerprint density at radius 1 is 1.24 bits per heavy atom. The van der Waals surface area contributed by atoms with Crippen molar-refractivity contribution >= 4 is 0 Å². The van der Waals surface area contributed by atoms with E-state index in [-0.39, 0.29) is 6.10 Å². The van der Waals surface area contributed by atoms with Gasteiger partial charge in [-0.1, -0.05) is 6.07 Å². The van der Waals surface area contributed by atoms with Gasteiger partial charge < -0.3 is 10.5 Å². The minimum absolute atomic E-state index is 0.118. The summed E-state index contributed by atoms with van der Waals surface area (Å²) in [5.74, 6) is 0.945. The van der Waals surface area contributed by atoms with Crippen LogP contribution in [0.15, 0.2) is 36.9 Å². The van der Waals surface area contributed by atoms with E-state index in [0.717, 1.165) is 23.3 Å². The lowest BCUT2D eigenvalue weighted by Crippen LogP contribution is -2.24. The molecule has 0 radical (unpaired) electrons. The molecular weight excluding hydrogens is 214 g/mol. The molecule has 4 heteroatoms. The number of nitrogens with two attached hydrogens (primary N) is 1. The molecule has 0 fully saturated rings. The van der Waals surface area contributed by atoms with Gasteiger partial charge in [-0.15, -0.1) is 0 Å². The van der Waals surface area contributed by atoms with Gasteiger partial charge in [0.2, 0.25) is 0 Å². The van der Waals surface area contributed by atoms with E-state index in [1.54, 1.807) is 0 Å². The van der Waals surface area contributed by atoms with Gasteiger partial charge in [0.05, 0.1) is 0 Å². The maximum Gasteiger partial charge on any atom is 0.123 e. The highest BCUT2D eigenvalue weighted by Gasteiger charge is 2.21. The second-order valence-electron chi connectivity index (χ2n) is 4.13. The molecule has 2 heterocycles. The molecule has 17 heavy (non-hydrogen) atoms. The van der Waals surface area contributed by atoms with E-state index in [4.69, 9.17) is 10.5 Å². The third kappa shape index (κ3) is 1.87. The van der Waals surface area contributed by atoms with Crippen LogP contribution < -0.4 is 10.5 Å². The van der Waals surface area contributed by atoms with Gasteiger partial charge in [0.15, 0.2) is 0 Å². The summed E-state index contributed by atoms with van der Waals surface area (Å²) >= 11 is 0. The van der Waals surface area contributed by atoms with Crippen LogP contribution >= 0.6 is 0 Å². The first-order valence-corrected chi connectivity index (χ1v) is 5.62. The summed E-state index contributed by atoms with van der Waals surface area (Å²) in [6.07, 6.45) is 6.15. The molecule has 1 aromatic heterocycles. The Balaban J connectivity index is 1.96. The molecule has 1 atom stereocenters. The second kappa shape index (κ2) is 4.14. The highest BCUT2D eigenvalue weighted by molar-refractivity contribution is 5.64. The predicted octanol–water partition coefficient (Wildman–Crippen LogP) is 1.41. The summed E-state index contributed by atoms with van der Waals surface area (Å²) < 4.78 is 5.69. The predicted molar refractivity (Wildman–Crippen MR) is 64.6 cm³/mol. The number of nitrogens with zero attached hydrogens (tertiary/aromatic N) is 2. The first-order valence-electron chi connectivity index (χ1n) is 5.62. The summed E-state index contributed by atoms with van der Waals surface area (Å²) in [4.78, 5) is 8.05. The molecule has 0 spiro atoms. The average Bonchev–Trinajstić information content (AvgIpc) is 2.81. The van der Waals surface area contributed by atoms with Gasteiger partial charge in [-0.05, 0) is 23.3 Å². The van der Waals surface area contributed by atoms with Gasteiger partial charge >= 0.3 is 0 Å². The number of aromatic nitrogens is 2. The van der Waals surface area contributed by atoms with Crippen molar-refractivity contribution in [2.45, 2.75) is 12.5 Å². The summed E-state index contributed by atoms with van der Waals surface area (Å²) in [7, 11) is 0. The first-order chi connectivity index (χ1) is 8.36. The summed E-state index contributed by atoms with van der Waals surface area (Å²) in [6, 6.07) is 6.15. The molecule has 3 rings (SSSR count). The lowest BCUT2D eigenvalue weighted by atomic mass is 10.0. The molecule has 0 saturated carbocycles. The first kappa shape index (κ1) is 10.2. The molecule has 0 saturated heterocycles. The summed E-state index contributed by atoms with van der Waals surface area (Å²) in [6.45, 7) is 0.554. The number of hydrogen-bond donors (Lipinski definition) is 1. The van der Waals surface area contributed by atoms with Crippen LogP contribution in [0.2, 0.25) is 0 Å². The van der Waals surface area contributed by atoms with E-state index in [1.165, 1.54) is 11.9 Å². The summed E-state index contributed by atoms with van der Waals surface area (Å²) in [5.41, 5.74) is 8.96. The molecule has 86 valence electrons. The molecule has 1 aliphatic rings. The molecule has 2 N–H and O–H groups in total. The van der Waals surface area contributed by atoms with E-state index >= 15 is 0 Å². The van der Waals surface area contributed by atoms with Gasteiger partial charge in [0, 0.05) is 30.9 Å². The molecular formula is C13H13N3O. The van der Waals surface area contributed by atoms with Crippen molar-refractivity contribution in [3.63, 3.8) is 0 Å². The topological polar surface area (TPSA) is 61.0 Å². The number of rotatable bonds is 2. The number of ether oxygens (including phenoxy) is 1. The van der Waals surface area contributed by atoms with E-state index in [1.807, 2.05) is 24.5 Å². The highest BCUT2D eigenvalue weighted by atomic mass is 16.5. The van der Waals surface area contributed by atoms with Gasteiger partial charge in [-0.2, -0.15) is 0 Å². The standard InChI is InChI=1S/C13H13N3O/c14-5-12-4-10-3-9(1-2-13(10)17-12)11-6-15-8-16-7-11/h1-3,6-8,12H,4-5,14H2. The normalized spacial score (nSPS) is 17.6. The smallest absolute Gasteiger partial charge is 0.123 e. The highest BCUT2D eigenvalue weighted by Crippen LogP contribution is 2.32. The fraction of sp³-hybridized carbons (Fsp3) is 0.231. The third-order valence-corrected chi connectivity index (χ3v) is 2.96. The third-order valence-electron chi connectivity index (χ3n) is 2.96. The van der Waals surface area contributed by atoms with Gasteiger partial charge in [0.1, 0.15) is 18.2 Å². The zero-order valence-electron chi connectivity index (χ0n) is 9.34. The van der Waals surface area contributed by atoms with Gasteiger partial charge in [-0.3, -0.25) is 0 Å². The molecule has 0 amide bonds. The van der Waals surface area contributed by atoms with Crippen LogP contribution in [0.5, 0.6) is 5.75 Å². The van der Waals surface area contributed by atoms with Crippen LogP contribution in [0.1, 0.15) is 5.56 Å². The molecule has 0 bridgehead atoms. The van der Waals surface area contributed by atoms with Crippen molar-refractivity contribution in [3.8, 4) is 16.9 Å². The van der Waals surface area contributed by atoms with Crippen LogP contribution in [0.4, 0.5) is 0 Å². The average molecular weight is 227 g/mol. The largest absolute Gasteiger partial charge is 0.488 e. The van der Waals surface area contributed by atoms with Crippen molar-refractivity contribution < 1.29 is 4.74 Å². The Morgan fingerprint density at radius 2 is 2.06 bits per heavy atom. The lowest BCUT2D eigenvalue weighted by molar-refractivity contribution is 0.241. The molecule has 4 nitrogen and oxygen atoms in total. The Bertz CT molecular complexity index is 527. The number of fused-ring (bicyclic) bond motifs is 1.